The van der Waals surface area contributed by atoms with Gasteiger partial charge in [-0.15, -0.1) is 0 Å². The lowest BCUT2D eigenvalue weighted by Crippen LogP contribution is -2.70. The van der Waals surface area contributed by atoms with Crippen molar-refractivity contribution in [1.82, 2.24) is 4.90 Å². The second kappa shape index (κ2) is 6.86. The number of hydrogen-bond donors (Lipinski definition) is 1. The summed E-state index contributed by atoms with van der Waals surface area (Å²) in [5.74, 6) is -1.10. The van der Waals surface area contributed by atoms with Gasteiger partial charge in [0.05, 0.1) is 30.9 Å². The SMILES string of the molecule is CCC(=O)N1[C@@H]2CN(S(=O)(=O)c3ccccc3F)c3ccccc3[C@@H]2[C@@H]1CO. The zero-order valence-corrected chi connectivity index (χ0v) is 16.1. The number of sulfonamides is 1. The van der Waals surface area contributed by atoms with Gasteiger partial charge in [-0.3, -0.25) is 9.10 Å². The summed E-state index contributed by atoms with van der Waals surface area (Å²) in [5.41, 5.74) is 1.21. The zero-order valence-electron chi connectivity index (χ0n) is 15.3. The van der Waals surface area contributed by atoms with Crippen molar-refractivity contribution in [3.05, 3.63) is 59.9 Å². The standard InChI is InChI=1S/C20H21FN2O4S/c1-2-19(25)23-16-11-22(28(26,27)18-10-6-4-8-14(18)21)15-9-5-3-7-13(15)20(16)17(23)12-24/h3-10,16-17,20,24H,2,11-12H2,1H3/t16-,17+,20+/m1/s1. The van der Waals surface area contributed by atoms with Crippen LogP contribution in [0.2, 0.25) is 0 Å². The highest BCUT2D eigenvalue weighted by atomic mass is 32.2. The van der Waals surface area contributed by atoms with Crippen LogP contribution < -0.4 is 4.31 Å². The molecular formula is C20H21FN2O4S. The van der Waals surface area contributed by atoms with E-state index in [9.17, 15) is 22.7 Å². The van der Waals surface area contributed by atoms with Gasteiger partial charge in [-0.25, -0.2) is 12.8 Å². The molecule has 1 fully saturated rings. The fourth-order valence-corrected chi connectivity index (χ4v) is 5.96. The van der Waals surface area contributed by atoms with Gasteiger partial charge in [0.15, 0.2) is 0 Å². The van der Waals surface area contributed by atoms with E-state index in [2.05, 4.69) is 0 Å². The van der Waals surface area contributed by atoms with E-state index in [0.717, 1.165) is 11.6 Å². The minimum Gasteiger partial charge on any atom is -0.394 e. The number of nitrogens with zero attached hydrogens (tertiary/aromatic N) is 2. The Morgan fingerprint density at radius 1 is 1.18 bits per heavy atom. The predicted octanol–water partition coefficient (Wildman–Crippen LogP) is 2.10. The predicted molar refractivity (Wildman–Crippen MR) is 102 cm³/mol. The van der Waals surface area contributed by atoms with Crippen LogP contribution in [0.15, 0.2) is 53.4 Å². The highest BCUT2D eigenvalue weighted by Gasteiger charge is 2.55. The third-order valence-corrected chi connectivity index (χ3v) is 7.46. The molecule has 0 spiro atoms. The molecule has 2 aliphatic rings. The third kappa shape index (κ3) is 2.62. The first kappa shape index (κ1) is 18.9. The zero-order chi connectivity index (χ0) is 20.1. The number of amides is 1. The van der Waals surface area contributed by atoms with Gasteiger partial charge in [0.2, 0.25) is 5.91 Å². The van der Waals surface area contributed by atoms with Crippen molar-refractivity contribution in [3.8, 4) is 0 Å². The monoisotopic (exact) mass is 404 g/mol. The van der Waals surface area contributed by atoms with Gasteiger partial charge < -0.3 is 10.0 Å². The Morgan fingerprint density at radius 3 is 2.54 bits per heavy atom. The fourth-order valence-electron chi connectivity index (χ4n) is 4.38. The Bertz CT molecular complexity index is 1030. The molecule has 1 saturated heterocycles. The van der Waals surface area contributed by atoms with Crippen LogP contribution in [0.4, 0.5) is 10.1 Å². The van der Waals surface area contributed by atoms with E-state index < -0.39 is 20.7 Å². The molecule has 148 valence electrons. The van der Waals surface area contributed by atoms with Crippen LogP contribution in [0.25, 0.3) is 0 Å². The molecular weight excluding hydrogens is 383 g/mol. The molecule has 1 N–H and O–H groups in total. The van der Waals surface area contributed by atoms with E-state index in [1.165, 1.54) is 22.5 Å². The number of carbonyl (C=O) groups is 1. The molecule has 2 aromatic rings. The first-order valence-electron chi connectivity index (χ1n) is 9.20. The molecule has 28 heavy (non-hydrogen) atoms. The van der Waals surface area contributed by atoms with Crippen LogP contribution in [0, 0.1) is 5.82 Å². The van der Waals surface area contributed by atoms with Crippen molar-refractivity contribution in [2.24, 2.45) is 0 Å². The summed E-state index contributed by atoms with van der Waals surface area (Å²) in [5, 5.41) is 9.83. The lowest BCUT2D eigenvalue weighted by atomic mass is 9.72. The quantitative estimate of drug-likeness (QED) is 0.847. The van der Waals surface area contributed by atoms with Gasteiger partial charge in [-0.1, -0.05) is 37.3 Å². The second-order valence-corrected chi connectivity index (χ2v) is 8.85. The summed E-state index contributed by atoms with van der Waals surface area (Å²) < 4.78 is 42.0. The van der Waals surface area contributed by atoms with Gasteiger partial charge in [0.25, 0.3) is 10.0 Å². The first-order valence-corrected chi connectivity index (χ1v) is 10.6. The van der Waals surface area contributed by atoms with Crippen molar-refractivity contribution < 1.29 is 22.7 Å². The number of fused-ring (bicyclic) bond motifs is 3. The number of likely N-dealkylation sites (tertiary alicyclic amines) is 1. The van der Waals surface area contributed by atoms with E-state index in [1.807, 2.05) is 6.07 Å². The molecule has 2 aromatic carbocycles. The summed E-state index contributed by atoms with van der Waals surface area (Å²) in [6, 6.07) is 11.5. The Kier molecular flexibility index (Phi) is 4.63. The smallest absolute Gasteiger partial charge is 0.267 e. The van der Waals surface area contributed by atoms with E-state index >= 15 is 0 Å². The maximum Gasteiger partial charge on any atom is 0.267 e. The number of aliphatic hydroxyl groups excluding tert-OH is 1. The van der Waals surface area contributed by atoms with E-state index in [0.29, 0.717) is 5.69 Å². The number of para-hydroxylation sites is 1. The van der Waals surface area contributed by atoms with Gasteiger partial charge in [-0.2, -0.15) is 0 Å². The maximum atomic E-state index is 14.3. The van der Waals surface area contributed by atoms with Crippen molar-refractivity contribution >= 4 is 21.6 Å². The molecule has 0 bridgehead atoms. The van der Waals surface area contributed by atoms with E-state index in [1.54, 1.807) is 30.0 Å². The number of benzene rings is 2. The molecule has 8 heteroatoms. The molecule has 2 aliphatic heterocycles. The van der Waals surface area contributed by atoms with Crippen molar-refractivity contribution in [3.63, 3.8) is 0 Å². The molecule has 3 atom stereocenters. The van der Waals surface area contributed by atoms with Crippen LogP contribution in [0.3, 0.4) is 0 Å². The van der Waals surface area contributed by atoms with E-state index in [-0.39, 0.29) is 43.5 Å². The van der Waals surface area contributed by atoms with E-state index in [4.69, 9.17) is 0 Å². The number of aliphatic hydroxyl groups is 1. The highest BCUT2D eigenvalue weighted by molar-refractivity contribution is 7.92. The molecule has 1 amide bonds. The third-order valence-electron chi connectivity index (χ3n) is 5.64. The topological polar surface area (TPSA) is 77.9 Å². The van der Waals surface area contributed by atoms with Gasteiger partial charge in [0.1, 0.15) is 10.7 Å². The van der Waals surface area contributed by atoms with Crippen LogP contribution in [0.1, 0.15) is 24.8 Å². The number of anilines is 1. The number of halogens is 1. The molecule has 0 aliphatic carbocycles. The number of rotatable bonds is 4. The first-order chi connectivity index (χ1) is 13.4. The van der Waals surface area contributed by atoms with Gasteiger partial charge in [0, 0.05) is 12.3 Å². The van der Waals surface area contributed by atoms with Gasteiger partial charge in [-0.05, 0) is 23.8 Å². The fraction of sp³-hybridized carbons (Fsp3) is 0.350. The second-order valence-electron chi connectivity index (χ2n) is 7.02. The summed E-state index contributed by atoms with van der Waals surface area (Å²) in [6.45, 7) is 1.57. The lowest BCUT2D eigenvalue weighted by Gasteiger charge is -2.58. The number of hydrogen-bond acceptors (Lipinski definition) is 4. The van der Waals surface area contributed by atoms with Gasteiger partial charge >= 0.3 is 0 Å². The Morgan fingerprint density at radius 2 is 1.86 bits per heavy atom. The average Bonchev–Trinajstić information content (AvgIpc) is 2.68. The molecule has 0 unspecified atom stereocenters. The Labute approximate surface area is 163 Å². The summed E-state index contributed by atoms with van der Waals surface area (Å²) in [7, 11) is -4.15. The summed E-state index contributed by atoms with van der Waals surface area (Å²) in [4.78, 5) is 13.6. The Hall–Kier alpha value is -2.45. The molecule has 0 aromatic heterocycles. The number of carbonyl (C=O) groups excluding carboxylic acids is 1. The highest BCUT2D eigenvalue weighted by Crippen LogP contribution is 2.49. The molecule has 0 saturated carbocycles. The minimum atomic E-state index is -4.15. The summed E-state index contributed by atoms with van der Waals surface area (Å²) in [6.07, 6.45) is 0.265. The maximum absolute atomic E-state index is 14.3. The van der Waals surface area contributed by atoms with Crippen molar-refractivity contribution in [2.45, 2.75) is 36.2 Å². The van der Waals surface area contributed by atoms with Crippen LogP contribution in [-0.2, 0) is 14.8 Å². The Balaban J connectivity index is 1.83. The average molecular weight is 404 g/mol. The van der Waals surface area contributed by atoms with Crippen LogP contribution in [0.5, 0.6) is 0 Å². The molecule has 2 heterocycles. The van der Waals surface area contributed by atoms with Crippen molar-refractivity contribution in [1.29, 1.82) is 0 Å². The molecule has 0 radical (unpaired) electrons. The largest absolute Gasteiger partial charge is 0.394 e. The van der Waals surface area contributed by atoms with Crippen LogP contribution in [-0.4, -0.2) is 49.6 Å². The molecule has 4 rings (SSSR count). The molecule has 6 nitrogen and oxygen atoms in total. The van der Waals surface area contributed by atoms with Crippen molar-refractivity contribution in [2.75, 3.05) is 17.5 Å². The summed E-state index contributed by atoms with van der Waals surface area (Å²) >= 11 is 0. The van der Waals surface area contributed by atoms with Crippen LogP contribution >= 0.6 is 0 Å². The minimum absolute atomic E-state index is 0.0284. The lowest BCUT2D eigenvalue weighted by molar-refractivity contribution is -0.149. The normalized spacial score (nSPS) is 23.6.